The number of hydrogen-bond donors (Lipinski definition) is 2. The number of benzene rings is 1. The van der Waals surface area contributed by atoms with Crippen molar-refractivity contribution >= 4 is 11.9 Å². The van der Waals surface area contributed by atoms with E-state index in [0.29, 0.717) is 0 Å². The summed E-state index contributed by atoms with van der Waals surface area (Å²) in [6.07, 6.45) is 1.75. The van der Waals surface area contributed by atoms with E-state index in [2.05, 4.69) is 6.58 Å². The molecule has 0 aliphatic heterocycles. The van der Waals surface area contributed by atoms with Gasteiger partial charge in [0.2, 0.25) is 0 Å². The van der Waals surface area contributed by atoms with Crippen molar-refractivity contribution < 1.29 is 25.3 Å². The summed E-state index contributed by atoms with van der Waals surface area (Å²) in [6.45, 7) is 6.73. The van der Waals surface area contributed by atoms with Gasteiger partial charge in [0.15, 0.2) is 0 Å². The lowest BCUT2D eigenvalue weighted by Gasteiger charge is -2.03. The minimum absolute atomic E-state index is 0. The molecule has 0 aliphatic rings. The van der Waals surface area contributed by atoms with Crippen molar-refractivity contribution in [2.45, 2.75) is 13.8 Å². The number of rotatable bonds is 2. The van der Waals surface area contributed by atoms with E-state index >= 15 is 0 Å². The van der Waals surface area contributed by atoms with Crippen LogP contribution >= 0.6 is 0 Å². The maximum atomic E-state index is 10.6. The fraction of sp³-hybridized carbons (Fsp3) is 0.167. The molecule has 94 valence electrons. The van der Waals surface area contributed by atoms with Gasteiger partial charge in [0, 0.05) is 0 Å². The molecule has 17 heavy (non-hydrogen) atoms. The monoisotopic (exact) mass is 240 g/mol. The van der Waals surface area contributed by atoms with E-state index in [-0.39, 0.29) is 22.2 Å². The molecule has 0 saturated heterocycles. The molecule has 0 unspecified atom stereocenters. The minimum Gasteiger partial charge on any atom is -0.478 e. The van der Waals surface area contributed by atoms with Gasteiger partial charge in [0.05, 0.1) is 11.1 Å². The lowest BCUT2D eigenvalue weighted by molar-refractivity contribution is 0.0696. The smallest absolute Gasteiger partial charge is 0.335 e. The predicted molar refractivity (Wildman–Crippen MR) is 64.6 cm³/mol. The first-order valence-corrected chi connectivity index (χ1v) is 4.59. The Hall–Kier alpha value is -2.14. The highest BCUT2D eigenvalue weighted by Gasteiger charge is 2.13. The molecule has 0 fully saturated rings. The van der Waals surface area contributed by atoms with Crippen LogP contribution in [0, 0.1) is 6.92 Å². The van der Waals surface area contributed by atoms with Crippen molar-refractivity contribution in [3.8, 4) is 0 Å². The maximum Gasteiger partial charge on any atom is 0.335 e. The molecule has 0 amide bonds. The highest BCUT2D eigenvalue weighted by Crippen LogP contribution is 2.13. The third kappa shape index (κ3) is 4.94. The highest BCUT2D eigenvalue weighted by molar-refractivity contribution is 5.96. The molecule has 5 heteroatoms. The fourth-order valence-corrected chi connectivity index (χ4v) is 1.10. The molecule has 1 rings (SSSR count). The molecular formula is C12H16O5. The van der Waals surface area contributed by atoms with E-state index in [9.17, 15) is 9.59 Å². The molecule has 0 radical (unpaired) electrons. The molecule has 0 aliphatic carbocycles. The highest BCUT2D eigenvalue weighted by atomic mass is 16.4. The van der Waals surface area contributed by atoms with Crippen molar-refractivity contribution in [2.75, 3.05) is 0 Å². The standard InChI is InChI=1S/C9H8O4.C3H6.H2O/c1-5-6(8(10)11)3-2-4-7(5)9(12)13;1-3-2;/h2-4H,1H3,(H,10,11)(H,12,13);3H,1H2,2H3;1H2. The Bertz CT molecular complexity index is 377. The van der Waals surface area contributed by atoms with E-state index in [1.54, 1.807) is 6.08 Å². The van der Waals surface area contributed by atoms with Crippen LogP contribution in [0.2, 0.25) is 0 Å². The Morgan fingerprint density at radius 2 is 1.47 bits per heavy atom. The summed E-state index contributed by atoms with van der Waals surface area (Å²) in [7, 11) is 0. The van der Waals surface area contributed by atoms with Gasteiger partial charge >= 0.3 is 11.9 Å². The van der Waals surface area contributed by atoms with Crippen LogP contribution in [0.25, 0.3) is 0 Å². The molecule has 4 N–H and O–H groups in total. The number of hydrogen-bond acceptors (Lipinski definition) is 2. The van der Waals surface area contributed by atoms with Gasteiger partial charge in [-0.25, -0.2) is 9.59 Å². The number of aromatic carboxylic acids is 2. The van der Waals surface area contributed by atoms with Gasteiger partial charge in [0.1, 0.15) is 0 Å². The lowest BCUT2D eigenvalue weighted by Crippen LogP contribution is -2.06. The molecule has 0 atom stereocenters. The molecule has 0 saturated carbocycles. The molecule has 0 bridgehead atoms. The Labute approximate surface area is 99.3 Å². The summed E-state index contributed by atoms with van der Waals surface area (Å²) in [5.74, 6) is -2.22. The topological polar surface area (TPSA) is 106 Å². The number of allylic oxidation sites excluding steroid dienone is 1. The molecule has 1 aromatic carbocycles. The van der Waals surface area contributed by atoms with E-state index in [1.165, 1.54) is 25.1 Å². The van der Waals surface area contributed by atoms with E-state index < -0.39 is 11.9 Å². The first-order valence-electron chi connectivity index (χ1n) is 4.59. The van der Waals surface area contributed by atoms with Crippen molar-refractivity contribution in [1.82, 2.24) is 0 Å². The van der Waals surface area contributed by atoms with Crippen LogP contribution in [0.3, 0.4) is 0 Å². The second-order valence-electron chi connectivity index (χ2n) is 3.00. The predicted octanol–water partition coefficient (Wildman–Crippen LogP) is 1.76. The average Bonchev–Trinajstić information content (AvgIpc) is 2.18. The van der Waals surface area contributed by atoms with Crippen LogP contribution in [0.1, 0.15) is 33.2 Å². The Kier molecular flexibility index (Phi) is 8.19. The Morgan fingerprint density at radius 1 is 1.18 bits per heavy atom. The Morgan fingerprint density at radius 3 is 1.71 bits per heavy atom. The van der Waals surface area contributed by atoms with Crippen molar-refractivity contribution in [2.24, 2.45) is 0 Å². The first-order chi connectivity index (χ1) is 7.45. The SMILES string of the molecule is C=CC.Cc1c(C(=O)O)cccc1C(=O)O.O. The zero-order valence-electron chi connectivity index (χ0n) is 9.73. The van der Waals surface area contributed by atoms with E-state index in [4.69, 9.17) is 10.2 Å². The van der Waals surface area contributed by atoms with Crippen molar-refractivity contribution in [3.05, 3.63) is 47.5 Å². The van der Waals surface area contributed by atoms with Gasteiger partial charge in [-0.15, -0.1) is 6.58 Å². The van der Waals surface area contributed by atoms with Crippen LogP contribution in [-0.2, 0) is 0 Å². The molecule has 1 aromatic rings. The van der Waals surface area contributed by atoms with E-state index in [1.807, 2.05) is 6.92 Å². The van der Waals surface area contributed by atoms with Gasteiger partial charge < -0.3 is 15.7 Å². The van der Waals surface area contributed by atoms with Gasteiger partial charge in [0.25, 0.3) is 0 Å². The van der Waals surface area contributed by atoms with Crippen LogP contribution in [0.15, 0.2) is 30.9 Å². The summed E-state index contributed by atoms with van der Waals surface area (Å²) in [6, 6.07) is 4.17. The van der Waals surface area contributed by atoms with Crippen LogP contribution in [-0.4, -0.2) is 27.6 Å². The summed E-state index contributed by atoms with van der Waals surface area (Å²) < 4.78 is 0. The fourth-order valence-electron chi connectivity index (χ4n) is 1.10. The van der Waals surface area contributed by atoms with Gasteiger partial charge in [-0.2, -0.15) is 0 Å². The molecular weight excluding hydrogens is 224 g/mol. The average molecular weight is 240 g/mol. The first kappa shape index (κ1) is 17.3. The van der Waals surface area contributed by atoms with Crippen molar-refractivity contribution in [3.63, 3.8) is 0 Å². The third-order valence-electron chi connectivity index (χ3n) is 1.79. The summed E-state index contributed by atoms with van der Waals surface area (Å²) in [5, 5.41) is 17.4. The van der Waals surface area contributed by atoms with Crippen LogP contribution in [0.5, 0.6) is 0 Å². The molecule has 0 aromatic heterocycles. The van der Waals surface area contributed by atoms with Gasteiger partial charge in [-0.05, 0) is 31.5 Å². The largest absolute Gasteiger partial charge is 0.478 e. The van der Waals surface area contributed by atoms with Crippen molar-refractivity contribution in [1.29, 1.82) is 0 Å². The zero-order chi connectivity index (χ0) is 12.7. The summed E-state index contributed by atoms with van der Waals surface area (Å²) in [5.41, 5.74) is 0.335. The number of carbonyl (C=O) groups is 2. The van der Waals surface area contributed by atoms with Crippen LogP contribution in [0.4, 0.5) is 0 Å². The second-order valence-corrected chi connectivity index (χ2v) is 3.00. The Balaban J connectivity index is 0. The van der Waals surface area contributed by atoms with Gasteiger partial charge in [-0.3, -0.25) is 0 Å². The molecule has 0 spiro atoms. The molecule has 0 heterocycles. The van der Waals surface area contributed by atoms with Crippen LogP contribution < -0.4 is 0 Å². The summed E-state index contributed by atoms with van der Waals surface area (Å²) in [4.78, 5) is 21.2. The number of carboxylic acids is 2. The van der Waals surface area contributed by atoms with E-state index in [0.717, 1.165) is 0 Å². The molecule has 5 nitrogen and oxygen atoms in total. The van der Waals surface area contributed by atoms with Gasteiger partial charge in [-0.1, -0.05) is 12.1 Å². The minimum atomic E-state index is -1.11. The number of carboxylic acid groups (broad SMARTS) is 2. The lowest BCUT2D eigenvalue weighted by atomic mass is 10.0. The maximum absolute atomic E-state index is 10.6. The zero-order valence-corrected chi connectivity index (χ0v) is 9.73. The normalized spacial score (nSPS) is 8.12. The quantitative estimate of drug-likeness (QED) is 0.768. The second kappa shape index (κ2) is 8.06. The third-order valence-corrected chi connectivity index (χ3v) is 1.79. The summed E-state index contributed by atoms with van der Waals surface area (Å²) >= 11 is 0.